The minimum atomic E-state index is -4.03. The standard InChI is InChI=1S/C29H36FN2O7P/c1-19-9-11-25(37-24-12-10-21(30)16-20(24)2)23(15-19)27(34)31-22-13-14-32(26(33)17-22)18-36-40(35,38-28(3,4)5)39-29(6,7)8/h9-17H,18H2,1-8H3,(H,31,34). The average molecular weight is 575 g/mol. The van der Waals surface area contributed by atoms with Crippen molar-refractivity contribution in [3.05, 3.63) is 87.6 Å². The summed E-state index contributed by atoms with van der Waals surface area (Å²) in [6, 6.07) is 11.9. The lowest BCUT2D eigenvalue weighted by Crippen LogP contribution is -2.26. The highest BCUT2D eigenvalue weighted by Gasteiger charge is 2.37. The van der Waals surface area contributed by atoms with Gasteiger partial charge in [0.25, 0.3) is 11.5 Å². The third kappa shape index (κ3) is 9.13. The fraction of sp³-hybridized carbons (Fsp3) is 0.379. The molecule has 0 aliphatic heterocycles. The zero-order valence-corrected chi connectivity index (χ0v) is 24.9. The maximum Gasteiger partial charge on any atom is 0.477 e. The number of hydrogen-bond donors (Lipinski definition) is 1. The number of aryl methyl sites for hydroxylation is 2. The molecular weight excluding hydrogens is 538 g/mol. The minimum Gasteiger partial charge on any atom is -0.456 e. The van der Waals surface area contributed by atoms with Crippen LogP contribution in [0, 0.1) is 19.7 Å². The normalized spacial score (nSPS) is 12.3. The van der Waals surface area contributed by atoms with E-state index in [0.29, 0.717) is 11.3 Å². The zero-order chi connectivity index (χ0) is 29.9. The first-order valence-electron chi connectivity index (χ1n) is 12.7. The molecule has 0 radical (unpaired) electrons. The molecule has 3 rings (SSSR count). The number of nitrogens with one attached hydrogen (secondary N) is 1. The van der Waals surface area contributed by atoms with Gasteiger partial charge in [0.2, 0.25) is 0 Å². The number of carbonyl (C=O) groups is 1. The van der Waals surface area contributed by atoms with E-state index in [1.54, 1.807) is 66.7 Å². The van der Waals surface area contributed by atoms with Crippen molar-refractivity contribution in [2.24, 2.45) is 0 Å². The highest BCUT2D eigenvalue weighted by molar-refractivity contribution is 7.48. The average Bonchev–Trinajstić information content (AvgIpc) is 2.78. The number of nitrogens with zero attached hydrogens (tertiary/aromatic N) is 1. The number of carbonyl (C=O) groups excluding carboxylic acids is 1. The van der Waals surface area contributed by atoms with Gasteiger partial charge in [-0.3, -0.25) is 27.7 Å². The zero-order valence-electron chi connectivity index (χ0n) is 24.0. The highest BCUT2D eigenvalue weighted by atomic mass is 31.2. The second kappa shape index (κ2) is 12.1. The van der Waals surface area contributed by atoms with Crippen molar-refractivity contribution in [1.82, 2.24) is 4.57 Å². The van der Waals surface area contributed by atoms with Gasteiger partial charge in [-0.15, -0.1) is 0 Å². The number of phosphoric ester groups is 1. The summed E-state index contributed by atoms with van der Waals surface area (Å²) >= 11 is 0. The van der Waals surface area contributed by atoms with Gasteiger partial charge in [0.05, 0.1) is 16.8 Å². The summed E-state index contributed by atoms with van der Waals surface area (Å²) in [5.41, 5.74) is -0.309. The van der Waals surface area contributed by atoms with Gasteiger partial charge in [-0.1, -0.05) is 11.6 Å². The number of rotatable bonds is 9. The van der Waals surface area contributed by atoms with Gasteiger partial charge in [0.1, 0.15) is 24.0 Å². The predicted octanol–water partition coefficient (Wildman–Crippen LogP) is 7.36. The van der Waals surface area contributed by atoms with E-state index < -0.39 is 43.0 Å². The van der Waals surface area contributed by atoms with Gasteiger partial charge in [0.15, 0.2) is 0 Å². The Morgan fingerprint density at radius 3 is 2.12 bits per heavy atom. The molecule has 0 saturated heterocycles. The fourth-order valence-corrected chi connectivity index (χ4v) is 5.27. The van der Waals surface area contributed by atoms with Gasteiger partial charge in [-0.25, -0.2) is 8.96 Å². The Morgan fingerprint density at radius 1 is 0.925 bits per heavy atom. The van der Waals surface area contributed by atoms with Gasteiger partial charge < -0.3 is 10.1 Å². The van der Waals surface area contributed by atoms with Crippen molar-refractivity contribution in [2.75, 3.05) is 5.32 Å². The summed E-state index contributed by atoms with van der Waals surface area (Å²) in [7, 11) is -4.03. The Balaban J connectivity index is 1.77. The van der Waals surface area contributed by atoms with Gasteiger partial charge >= 0.3 is 7.82 Å². The molecule has 0 aliphatic carbocycles. The van der Waals surface area contributed by atoms with E-state index in [1.807, 2.05) is 6.92 Å². The SMILES string of the molecule is Cc1ccc(Oc2ccc(F)cc2C)c(C(=O)Nc2ccn(COP(=O)(OC(C)(C)C)OC(C)(C)C)c(=O)c2)c1. The number of hydrogen-bond acceptors (Lipinski definition) is 7. The monoisotopic (exact) mass is 574 g/mol. The predicted molar refractivity (Wildman–Crippen MR) is 151 cm³/mol. The second-order valence-electron chi connectivity index (χ2n) is 11.3. The molecule has 11 heteroatoms. The van der Waals surface area contributed by atoms with Crippen molar-refractivity contribution in [3.8, 4) is 11.5 Å². The maximum absolute atomic E-state index is 13.5. The molecule has 1 aromatic heterocycles. The number of ether oxygens (including phenoxy) is 1. The Bertz CT molecular complexity index is 1470. The Kier molecular flexibility index (Phi) is 9.42. The number of phosphoric acid groups is 1. The molecular formula is C29H36FN2O7P. The van der Waals surface area contributed by atoms with Crippen LogP contribution in [-0.2, 0) is 24.9 Å². The maximum atomic E-state index is 13.5. The summed E-state index contributed by atoms with van der Waals surface area (Å²) in [5, 5.41) is 2.70. The molecule has 0 fully saturated rings. The molecule has 216 valence electrons. The van der Waals surface area contributed by atoms with Crippen LogP contribution in [0.25, 0.3) is 0 Å². The van der Waals surface area contributed by atoms with Gasteiger partial charge in [-0.2, -0.15) is 0 Å². The van der Waals surface area contributed by atoms with E-state index in [2.05, 4.69) is 5.32 Å². The topological polar surface area (TPSA) is 105 Å². The van der Waals surface area contributed by atoms with Crippen LogP contribution in [0.4, 0.5) is 10.1 Å². The van der Waals surface area contributed by atoms with Crippen LogP contribution in [0.1, 0.15) is 63.0 Å². The lowest BCUT2D eigenvalue weighted by Gasteiger charge is -2.30. The van der Waals surface area contributed by atoms with E-state index in [1.165, 1.54) is 41.1 Å². The molecule has 40 heavy (non-hydrogen) atoms. The van der Waals surface area contributed by atoms with Crippen LogP contribution in [0.5, 0.6) is 11.5 Å². The summed E-state index contributed by atoms with van der Waals surface area (Å²) in [6.45, 7) is 13.4. The Hall–Kier alpha value is -3.30. The van der Waals surface area contributed by atoms with Crippen molar-refractivity contribution < 1.29 is 32.1 Å². The van der Waals surface area contributed by atoms with Crippen molar-refractivity contribution in [1.29, 1.82) is 0 Å². The highest BCUT2D eigenvalue weighted by Crippen LogP contribution is 2.55. The third-order valence-electron chi connectivity index (χ3n) is 5.12. The van der Waals surface area contributed by atoms with E-state index in [9.17, 15) is 18.5 Å². The largest absolute Gasteiger partial charge is 0.477 e. The number of halogens is 1. The first-order valence-corrected chi connectivity index (χ1v) is 14.1. The lowest BCUT2D eigenvalue weighted by atomic mass is 10.1. The van der Waals surface area contributed by atoms with E-state index in [0.717, 1.165) is 5.56 Å². The summed E-state index contributed by atoms with van der Waals surface area (Å²) < 4.78 is 50.5. The molecule has 0 spiro atoms. The van der Waals surface area contributed by atoms with Crippen LogP contribution in [-0.4, -0.2) is 21.7 Å². The van der Waals surface area contributed by atoms with E-state index in [4.69, 9.17) is 18.3 Å². The molecule has 1 N–H and O–H groups in total. The first-order chi connectivity index (χ1) is 18.4. The molecule has 0 unspecified atom stereocenters. The number of benzene rings is 2. The third-order valence-corrected chi connectivity index (χ3v) is 7.09. The molecule has 1 heterocycles. The summed E-state index contributed by atoms with van der Waals surface area (Å²) in [5.74, 6) is -0.218. The number of pyridine rings is 1. The first kappa shape index (κ1) is 31.2. The molecule has 0 bridgehead atoms. The van der Waals surface area contributed by atoms with Gasteiger partial charge in [-0.05, 0) is 97.4 Å². The fourth-order valence-electron chi connectivity index (χ4n) is 3.52. The molecule has 0 saturated carbocycles. The van der Waals surface area contributed by atoms with Crippen LogP contribution < -0.4 is 15.6 Å². The van der Waals surface area contributed by atoms with E-state index >= 15 is 0 Å². The van der Waals surface area contributed by atoms with Crippen LogP contribution in [0.15, 0.2) is 59.5 Å². The number of aromatic nitrogens is 1. The van der Waals surface area contributed by atoms with Crippen molar-refractivity contribution >= 4 is 19.4 Å². The van der Waals surface area contributed by atoms with Gasteiger partial charge in [0, 0.05) is 18.0 Å². The molecule has 3 aromatic rings. The smallest absolute Gasteiger partial charge is 0.456 e. The molecule has 1 amide bonds. The van der Waals surface area contributed by atoms with Crippen LogP contribution in [0.2, 0.25) is 0 Å². The van der Waals surface area contributed by atoms with Crippen LogP contribution in [0.3, 0.4) is 0 Å². The summed E-state index contributed by atoms with van der Waals surface area (Å²) in [4.78, 5) is 26.0. The second-order valence-corrected chi connectivity index (χ2v) is 12.8. The van der Waals surface area contributed by atoms with E-state index in [-0.39, 0.29) is 17.0 Å². The molecule has 2 aromatic carbocycles. The van der Waals surface area contributed by atoms with Crippen molar-refractivity contribution in [2.45, 2.75) is 73.3 Å². The minimum absolute atomic E-state index is 0.232. The number of amides is 1. The quantitative estimate of drug-likeness (QED) is 0.266. The Labute approximate surface area is 233 Å². The molecule has 9 nitrogen and oxygen atoms in total. The van der Waals surface area contributed by atoms with Crippen LogP contribution >= 0.6 is 7.82 Å². The molecule has 0 aliphatic rings. The van der Waals surface area contributed by atoms with Crippen molar-refractivity contribution in [3.63, 3.8) is 0 Å². The number of anilines is 1. The summed E-state index contributed by atoms with van der Waals surface area (Å²) in [6.07, 6.45) is 1.39. The molecule has 0 atom stereocenters. The Morgan fingerprint density at radius 2 is 1.55 bits per heavy atom. The lowest BCUT2D eigenvalue weighted by molar-refractivity contribution is -0.00651.